The number of ketones is 1. The summed E-state index contributed by atoms with van der Waals surface area (Å²) in [5.41, 5.74) is 0.445. The number of ether oxygens (including phenoxy) is 2. The van der Waals surface area contributed by atoms with E-state index in [9.17, 15) is 14.7 Å². The van der Waals surface area contributed by atoms with Crippen molar-refractivity contribution in [2.75, 3.05) is 13.7 Å². The minimum atomic E-state index is -0.551. The zero-order valence-electron chi connectivity index (χ0n) is 13.1. The summed E-state index contributed by atoms with van der Waals surface area (Å²) in [5.74, 6) is -0.604. The quantitative estimate of drug-likeness (QED) is 0.378. The van der Waals surface area contributed by atoms with E-state index in [-0.39, 0.29) is 35.2 Å². The van der Waals surface area contributed by atoms with Crippen molar-refractivity contribution >= 4 is 11.8 Å². The predicted octanol–water partition coefficient (Wildman–Crippen LogP) is 3.04. The minimum absolute atomic E-state index is 0.0508. The highest BCUT2D eigenvalue weighted by atomic mass is 16.5. The van der Waals surface area contributed by atoms with Crippen LogP contribution in [0.1, 0.15) is 29.6 Å². The van der Waals surface area contributed by atoms with Gasteiger partial charge in [-0.3, -0.25) is 4.79 Å². The number of Topliss-reactive ketones (excluding diaryl/α,β-unsaturated/α-hetero) is 1. The van der Waals surface area contributed by atoms with Crippen LogP contribution in [0.2, 0.25) is 0 Å². The first kappa shape index (κ1) is 16.8. The van der Waals surface area contributed by atoms with E-state index in [1.54, 1.807) is 6.07 Å². The summed E-state index contributed by atoms with van der Waals surface area (Å²) in [6.45, 7) is 3.50. The molecule has 1 aromatic rings. The number of carbonyl (C=O) groups excluding carboxylic acids is 2. The highest BCUT2D eigenvalue weighted by molar-refractivity contribution is 6.01. The lowest BCUT2D eigenvalue weighted by atomic mass is 9.88. The van der Waals surface area contributed by atoms with Gasteiger partial charge >= 0.3 is 5.97 Å². The maximum Gasteiger partial charge on any atom is 0.336 e. The molecular weight excluding hydrogens is 296 g/mol. The molecule has 0 spiro atoms. The zero-order valence-corrected chi connectivity index (χ0v) is 13.1. The van der Waals surface area contributed by atoms with Crippen molar-refractivity contribution in [3.63, 3.8) is 0 Å². The molecule has 1 aliphatic carbocycles. The first-order valence-corrected chi connectivity index (χ1v) is 7.45. The molecule has 2 rings (SSSR count). The van der Waals surface area contributed by atoms with Gasteiger partial charge in [0.25, 0.3) is 0 Å². The van der Waals surface area contributed by atoms with Gasteiger partial charge in [0.1, 0.15) is 18.1 Å². The van der Waals surface area contributed by atoms with Crippen LogP contribution in [0.4, 0.5) is 0 Å². The molecule has 0 amide bonds. The molecule has 0 aliphatic heterocycles. The average Bonchev–Trinajstić information content (AvgIpc) is 2.59. The number of aromatic hydroxyl groups is 1. The lowest BCUT2D eigenvalue weighted by molar-refractivity contribution is -0.136. The number of hydrogen-bond acceptors (Lipinski definition) is 5. The number of phenols is 1. The molecule has 0 radical (unpaired) electrons. The van der Waals surface area contributed by atoms with Gasteiger partial charge in [-0.15, -0.1) is 0 Å². The summed E-state index contributed by atoms with van der Waals surface area (Å²) in [6.07, 6.45) is 6.66. The molecule has 1 unspecified atom stereocenters. The molecule has 0 aromatic heterocycles. The third-order valence-corrected chi connectivity index (χ3v) is 3.71. The monoisotopic (exact) mass is 316 g/mol. The first-order chi connectivity index (χ1) is 11.0. The van der Waals surface area contributed by atoms with Gasteiger partial charge in [0.2, 0.25) is 0 Å². The Morgan fingerprint density at radius 2 is 2.17 bits per heavy atom. The SMILES string of the molecule is C=C(COc1ccc(C(=O)C2C=CCCC2)c(O)c1)C(=O)OC. The summed E-state index contributed by atoms with van der Waals surface area (Å²) in [7, 11) is 1.26. The molecule has 1 N–H and O–H groups in total. The molecule has 23 heavy (non-hydrogen) atoms. The first-order valence-electron chi connectivity index (χ1n) is 7.45. The number of hydrogen-bond donors (Lipinski definition) is 1. The van der Waals surface area contributed by atoms with E-state index in [0.29, 0.717) is 5.75 Å². The second kappa shape index (κ2) is 7.63. The van der Waals surface area contributed by atoms with Crippen molar-refractivity contribution < 1.29 is 24.2 Å². The third kappa shape index (κ3) is 4.22. The van der Waals surface area contributed by atoms with E-state index in [4.69, 9.17) is 4.74 Å². The molecule has 0 saturated carbocycles. The molecule has 122 valence electrons. The van der Waals surface area contributed by atoms with E-state index in [0.717, 1.165) is 19.3 Å². The van der Waals surface area contributed by atoms with Crippen molar-refractivity contribution in [3.05, 3.63) is 48.1 Å². The fraction of sp³-hybridized carbons (Fsp3) is 0.333. The van der Waals surface area contributed by atoms with Crippen molar-refractivity contribution in [1.82, 2.24) is 0 Å². The van der Waals surface area contributed by atoms with Gasteiger partial charge in [-0.2, -0.15) is 0 Å². The largest absolute Gasteiger partial charge is 0.507 e. The van der Waals surface area contributed by atoms with Crippen LogP contribution in [-0.2, 0) is 9.53 Å². The number of rotatable bonds is 6. The Morgan fingerprint density at radius 1 is 1.39 bits per heavy atom. The Balaban J connectivity index is 2.04. The van der Waals surface area contributed by atoms with E-state index < -0.39 is 5.97 Å². The van der Waals surface area contributed by atoms with E-state index in [1.807, 2.05) is 12.2 Å². The van der Waals surface area contributed by atoms with Crippen LogP contribution in [0.25, 0.3) is 0 Å². The minimum Gasteiger partial charge on any atom is -0.507 e. The Morgan fingerprint density at radius 3 is 2.78 bits per heavy atom. The van der Waals surface area contributed by atoms with Crippen LogP contribution < -0.4 is 4.74 Å². The van der Waals surface area contributed by atoms with Crippen LogP contribution in [0, 0.1) is 5.92 Å². The third-order valence-electron chi connectivity index (χ3n) is 3.71. The molecule has 0 bridgehead atoms. The fourth-order valence-electron chi connectivity index (χ4n) is 2.41. The van der Waals surface area contributed by atoms with Gasteiger partial charge in [-0.05, 0) is 31.4 Å². The maximum atomic E-state index is 12.4. The Labute approximate surface area is 135 Å². The highest BCUT2D eigenvalue weighted by Crippen LogP contribution is 2.29. The molecule has 5 heteroatoms. The van der Waals surface area contributed by atoms with Crippen molar-refractivity contribution in [2.45, 2.75) is 19.3 Å². The molecule has 1 aromatic carbocycles. The van der Waals surface area contributed by atoms with Crippen LogP contribution in [0.5, 0.6) is 11.5 Å². The number of allylic oxidation sites excluding steroid dienone is 2. The highest BCUT2D eigenvalue weighted by Gasteiger charge is 2.22. The summed E-state index contributed by atoms with van der Waals surface area (Å²) in [4.78, 5) is 23.6. The number of esters is 1. The van der Waals surface area contributed by atoms with Gasteiger partial charge in [0.05, 0.1) is 18.2 Å². The number of phenolic OH excluding ortho intramolecular Hbond substituents is 1. The molecule has 1 atom stereocenters. The van der Waals surface area contributed by atoms with Crippen LogP contribution in [0.3, 0.4) is 0 Å². The van der Waals surface area contributed by atoms with E-state index in [1.165, 1.54) is 19.2 Å². The maximum absolute atomic E-state index is 12.4. The van der Waals surface area contributed by atoms with Gasteiger partial charge < -0.3 is 14.6 Å². The molecule has 1 aliphatic rings. The normalized spacial score (nSPS) is 16.7. The summed E-state index contributed by atoms with van der Waals surface area (Å²) < 4.78 is 9.89. The smallest absolute Gasteiger partial charge is 0.336 e. The van der Waals surface area contributed by atoms with E-state index >= 15 is 0 Å². The second-order valence-corrected chi connectivity index (χ2v) is 5.39. The summed E-state index contributed by atoms with van der Waals surface area (Å²) in [6, 6.07) is 4.49. The molecular formula is C18H20O5. The molecule has 0 fully saturated rings. The van der Waals surface area contributed by atoms with Crippen LogP contribution >= 0.6 is 0 Å². The molecule has 5 nitrogen and oxygen atoms in total. The summed E-state index contributed by atoms with van der Waals surface area (Å²) >= 11 is 0. The van der Waals surface area contributed by atoms with Gasteiger partial charge in [0.15, 0.2) is 5.78 Å². The second-order valence-electron chi connectivity index (χ2n) is 5.39. The Kier molecular flexibility index (Phi) is 5.57. The van der Waals surface area contributed by atoms with Gasteiger partial charge in [-0.25, -0.2) is 4.79 Å². The standard InChI is InChI=1S/C18H20O5/c1-12(18(21)22-2)11-23-14-8-9-15(16(19)10-14)17(20)13-6-4-3-5-7-13/h4,6,8-10,13,19H,1,3,5,7,11H2,2H3. The lowest BCUT2D eigenvalue weighted by Gasteiger charge is -2.16. The fourth-order valence-corrected chi connectivity index (χ4v) is 2.41. The van der Waals surface area contributed by atoms with Gasteiger partial charge in [0, 0.05) is 12.0 Å². The van der Waals surface area contributed by atoms with Crippen molar-refractivity contribution in [2.24, 2.45) is 5.92 Å². The zero-order chi connectivity index (χ0) is 16.8. The predicted molar refractivity (Wildman–Crippen MR) is 85.6 cm³/mol. The Hall–Kier alpha value is -2.56. The van der Waals surface area contributed by atoms with Gasteiger partial charge in [-0.1, -0.05) is 18.7 Å². The molecule has 0 saturated heterocycles. The average molecular weight is 316 g/mol. The lowest BCUT2D eigenvalue weighted by Crippen LogP contribution is -2.15. The number of carbonyl (C=O) groups is 2. The van der Waals surface area contributed by atoms with Crippen molar-refractivity contribution in [1.29, 1.82) is 0 Å². The summed E-state index contributed by atoms with van der Waals surface area (Å²) in [5, 5.41) is 10.1. The number of benzene rings is 1. The molecule has 0 heterocycles. The number of methoxy groups -OCH3 is 1. The Bertz CT molecular complexity index is 645. The van der Waals surface area contributed by atoms with E-state index in [2.05, 4.69) is 11.3 Å². The van der Waals surface area contributed by atoms with Crippen LogP contribution in [0.15, 0.2) is 42.5 Å². The van der Waals surface area contributed by atoms with Crippen LogP contribution in [-0.4, -0.2) is 30.6 Å². The van der Waals surface area contributed by atoms with Crippen molar-refractivity contribution in [3.8, 4) is 11.5 Å². The topological polar surface area (TPSA) is 72.8 Å².